The van der Waals surface area contributed by atoms with Gasteiger partial charge in [0.2, 0.25) is 0 Å². The summed E-state index contributed by atoms with van der Waals surface area (Å²) in [5.41, 5.74) is 2.96. The SMILES string of the molecule is C=C/C=C\C(=C/C)NC(=O)c1cc(NC(=O)c2[nH]c(C)nc2-c2ccc(P)cc2)ccc1Cl. The summed E-state index contributed by atoms with van der Waals surface area (Å²) in [6, 6.07) is 12.4. The summed E-state index contributed by atoms with van der Waals surface area (Å²) >= 11 is 6.25. The van der Waals surface area contributed by atoms with Gasteiger partial charge in [-0.3, -0.25) is 9.59 Å². The highest BCUT2D eigenvalue weighted by Crippen LogP contribution is 2.24. The number of aromatic nitrogens is 2. The average Bonchev–Trinajstić information content (AvgIpc) is 3.20. The molecule has 3 N–H and O–H groups in total. The van der Waals surface area contributed by atoms with E-state index in [2.05, 4.69) is 36.4 Å². The number of aryl methyl sites for hydroxylation is 1. The molecule has 168 valence electrons. The predicted octanol–water partition coefficient (Wildman–Crippen LogP) is 5.17. The van der Waals surface area contributed by atoms with Gasteiger partial charge in [-0.1, -0.05) is 60.7 Å². The molecule has 0 saturated heterocycles. The fourth-order valence-corrected chi connectivity index (χ4v) is 3.45. The van der Waals surface area contributed by atoms with E-state index in [1.807, 2.05) is 24.3 Å². The van der Waals surface area contributed by atoms with Gasteiger partial charge in [0.15, 0.2) is 0 Å². The summed E-state index contributed by atoms with van der Waals surface area (Å²) in [5.74, 6) is -0.154. The number of allylic oxidation sites excluding steroid dienone is 4. The zero-order valence-electron chi connectivity index (χ0n) is 18.3. The molecule has 2 aromatic carbocycles. The van der Waals surface area contributed by atoms with Crippen LogP contribution >= 0.6 is 20.8 Å². The summed E-state index contributed by atoms with van der Waals surface area (Å²) < 4.78 is 0. The van der Waals surface area contributed by atoms with Crippen molar-refractivity contribution in [3.05, 3.63) is 101 Å². The van der Waals surface area contributed by atoms with Crippen molar-refractivity contribution in [2.75, 3.05) is 5.32 Å². The van der Waals surface area contributed by atoms with Crippen LogP contribution in [0.2, 0.25) is 5.02 Å². The van der Waals surface area contributed by atoms with Crippen molar-refractivity contribution in [3.8, 4) is 11.3 Å². The lowest BCUT2D eigenvalue weighted by Gasteiger charge is -2.11. The monoisotopic (exact) mass is 478 g/mol. The molecule has 0 bridgehead atoms. The van der Waals surface area contributed by atoms with E-state index in [1.165, 1.54) is 6.07 Å². The largest absolute Gasteiger partial charge is 0.338 e. The highest BCUT2D eigenvalue weighted by molar-refractivity contribution is 7.27. The van der Waals surface area contributed by atoms with E-state index in [1.54, 1.807) is 50.3 Å². The molecule has 33 heavy (non-hydrogen) atoms. The maximum atomic E-state index is 13.0. The minimum Gasteiger partial charge on any atom is -0.338 e. The van der Waals surface area contributed by atoms with Crippen molar-refractivity contribution in [2.24, 2.45) is 0 Å². The van der Waals surface area contributed by atoms with E-state index in [0.29, 0.717) is 28.6 Å². The molecule has 0 radical (unpaired) electrons. The molecule has 1 heterocycles. The highest BCUT2D eigenvalue weighted by atomic mass is 35.5. The Kier molecular flexibility index (Phi) is 7.99. The molecule has 3 rings (SSSR count). The summed E-state index contributed by atoms with van der Waals surface area (Å²) in [4.78, 5) is 33.3. The molecule has 1 atom stereocenters. The lowest BCUT2D eigenvalue weighted by atomic mass is 10.1. The van der Waals surface area contributed by atoms with Crippen LogP contribution in [0.4, 0.5) is 5.69 Å². The molecule has 1 aromatic heterocycles. The number of amides is 2. The normalized spacial score (nSPS) is 11.5. The van der Waals surface area contributed by atoms with E-state index in [0.717, 1.165) is 10.9 Å². The van der Waals surface area contributed by atoms with Gasteiger partial charge in [-0.25, -0.2) is 4.98 Å². The predicted molar refractivity (Wildman–Crippen MR) is 138 cm³/mol. The first kappa shape index (κ1) is 24.2. The lowest BCUT2D eigenvalue weighted by Crippen LogP contribution is -2.22. The van der Waals surface area contributed by atoms with Crippen molar-refractivity contribution in [3.63, 3.8) is 0 Å². The molecule has 0 aliphatic carbocycles. The number of hydrogen-bond donors (Lipinski definition) is 3. The maximum Gasteiger partial charge on any atom is 0.274 e. The van der Waals surface area contributed by atoms with Gasteiger partial charge in [0.05, 0.1) is 10.6 Å². The molecular weight excluding hydrogens is 455 g/mol. The standard InChI is InChI=1S/C25H24ClN4O2P/c1-4-6-7-17(5-2)29-24(31)20-14-18(10-13-21(20)26)30-25(32)23-22(27-15(3)28-23)16-8-11-19(33)12-9-16/h4-14H,1,33H2,2-3H3,(H,27,28)(H,29,31)(H,30,32)/b7-6-,17-5+. The average molecular weight is 479 g/mol. The van der Waals surface area contributed by atoms with Crippen LogP contribution in [0, 0.1) is 6.92 Å². The summed E-state index contributed by atoms with van der Waals surface area (Å²) in [6.07, 6.45) is 6.80. The van der Waals surface area contributed by atoms with E-state index >= 15 is 0 Å². The number of carbonyl (C=O) groups is 2. The third-order valence-corrected chi connectivity index (χ3v) is 5.40. The molecule has 0 aliphatic rings. The summed E-state index contributed by atoms with van der Waals surface area (Å²) in [7, 11) is 2.62. The molecule has 3 aromatic rings. The number of carbonyl (C=O) groups excluding carboxylic acids is 2. The van der Waals surface area contributed by atoms with Crippen molar-refractivity contribution in [1.29, 1.82) is 0 Å². The van der Waals surface area contributed by atoms with Gasteiger partial charge in [-0.05, 0) is 43.4 Å². The minimum atomic E-state index is -0.395. The van der Waals surface area contributed by atoms with Crippen LogP contribution in [-0.4, -0.2) is 21.8 Å². The number of nitrogens with one attached hydrogen (secondary N) is 3. The number of aromatic amines is 1. The van der Waals surface area contributed by atoms with Crippen LogP contribution in [0.15, 0.2) is 79.0 Å². The van der Waals surface area contributed by atoms with Crippen LogP contribution in [0.25, 0.3) is 11.3 Å². The minimum absolute atomic E-state index is 0.234. The quantitative estimate of drug-likeness (QED) is 0.323. The summed E-state index contributed by atoms with van der Waals surface area (Å²) in [6.45, 7) is 7.21. The molecule has 0 fully saturated rings. The van der Waals surface area contributed by atoms with Crippen molar-refractivity contribution < 1.29 is 9.59 Å². The van der Waals surface area contributed by atoms with Gasteiger partial charge in [0, 0.05) is 16.9 Å². The Morgan fingerprint density at radius 3 is 2.55 bits per heavy atom. The van der Waals surface area contributed by atoms with Crippen LogP contribution in [0.3, 0.4) is 0 Å². The van der Waals surface area contributed by atoms with Crippen molar-refractivity contribution in [1.82, 2.24) is 15.3 Å². The van der Waals surface area contributed by atoms with Crippen LogP contribution in [-0.2, 0) is 0 Å². The Morgan fingerprint density at radius 1 is 1.15 bits per heavy atom. The van der Waals surface area contributed by atoms with Crippen LogP contribution in [0.1, 0.15) is 33.6 Å². The van der Waals surface area contributed by atoms with Crippen LogP contribution < -0.4 is 15.9 Å². The first-order chi connectivity index (χ1) is 15.8. The van der Waals surface area contributed by atoms with Gasteiger partial charge < -0.3 is 15.6 Å². The fraction of sp³-hybridized carbons (Fsp3) is 0.0800. The first-order valence-electron chi connectivity index (χ1n) is 10.1. The second kappa shape index (κ2) is 10.9. The van der Waals surface area contributed by atoms with Gasteiger partial charge in [-0.15, -0.1) is 9.24 Å². The topological polar surface area (TPSA) is 86.9 Å². The lowest BCUT2D eigenvalue weighted by molar-refractivity contribution is 0.0965. The third-order valence-electron chi connectivity index (χ3n) is 4.68. The van der Waals surface area contributed by atoms with E-state index in [9.17, 15) is 9.59 Å². The maximum absolute atomic E-state index is 13.0. The van der Waals surface area contributed by atoms with Gasteiger partial charge in [-0.2, -0.15) is 0 Å². The van der Waals surface area contributed by atoms with Crippen molar-refractivity contribution in [2.45, 2.75) is 13.8 Å². The highest BCUT2D eigenvalue weighted by Gasteiger charge is 2.19. The Bertz CT molecular complexity index is 1260. The number of anilines is 1. The van der Waals surface area contributed by atoms with Crippen LogP contribution in [0.5, 0.6) is 0 Å². The van der Waals surface area contributed by atoms with Gasteiger partial charge >= 0.3 is 0 Å². The molecule has 1 unspecified atom stereocenters. The first-order valence-corrected chi connectivity index (χ1v) is 11.1. The third kappa shape index (κ3) is 6.07. The molecule has 6 nitrogen and oxygen atoms in total. The number of nitrogens with zero attached hydrogens (tertiary/aromatic N) is 1. The molecule has 8 heteroatoms. The molecule has 0 saturated carbocycles. The zero-order valence-corrected chi connectivity index (χ0v) is 20.2. The molecule has 0 aliphatic heterocycles. The molecule has 2 amide bonds. The molecule has 0 spiro atoms. The zero-order chi connectivity index (χ0) is 24.0. The van der Waals surface area contributed by atoms with Gasteiger partial charge in [0.1, 0.15) is 17.2 Å². The summed E-state index contributed by atoms with van der Waals surface area (Å²) in [5, 5.41) is 6.90. The second-order valence-electron chi connectivity index (χ2n) is 7.11. The smallest absolute Gasteiger partial charge is 0.274 e. The number of H-pyrrole nitrogens is 1. The Balaban J connectivity index is 1.84. The van der Waals surface area contributed by atoms with E-state index in [4.69, 9.17) is 11.6 Å². The number of benzene rings is 2. The second-order valence-corrected chi connectivity index (χ2v) is 8.18. The Labute approximate surface area is 200 Å². The number of halogens is 1. The number of hydrogen-bond acceptors (Lipinski definition) is 3. The fourth-order valence-electron chi connectivity index (χ4n) is 3.06. The Hall–Kier alpha value is -3.47. The number of rotatable bonds is 7. The van der Waals surface area contributed by atoms with E-state index in [-0.39, 0.29) is 16.5 Å². The van der Waals surface area contributed by atoms with Gasteiger partial charge in [0.25, 0.3) is 11.8 Å². The number of imidazole rings is 1. The van der Waals surface area contributed by atoms with Crippen molar-refractivity contribution >= 4 is 43.6 Å². The molecular formula is C25H24ClN4O2P. The van der Waals surface area contributed by atoms with E-state index < -0.39 is 5.91 Å². The Morgan fingerprint density at radius 2 is 1.88 bits per heavy atom.